The summed E-state index contributed by atoms with van der Waals surface area (Å²) in [4.78, 5) is 16.9. The zero-order chi connectivity index (χ0) is 24.1. The molecule has 4 aromatic rings. The fourth-order valence-corrected chi connectivity index (χ4v) is 4.00. The van der Waals surface area contributed by atoms with Crippen molar-refractivity contribution in [2.45, 2.75) is 19.3 Å². The van der Waals surface area contributed by atoms with E-state index >= 15 is 0 Å². The number of alkyl halides is 3. The molecule has 4 rings (SSSR count). The van der Waals surface area contributed by atoms with Crippen LogP contribution in [-0.4, -0.2) is 10.9 Å². The molecule has 34 heavy (non-hydrogen) atoms. The maximum absolute atomic E-state index is 13.9. The lowest BCUT2D eigenvalue weighted by atomic mass is 10.1. The molecule has 1 N–H and O–H groups in total. The molecule has 1 heterocycles. The number of halogens is 4. The Morgan fingerprint density at radius 1 is 1.00 bits per heavy atom. The maximum atomic E-state index is 13.9. The zero-order valence-electron chi connectivity index (χ0n) is 17.6. The molecule has 1 aromatic heterocycles. The summed E-state index contributed by atoms with van der Waals surface area (Å²) in [5, 5.41) is 4.67. The van der Waals surface area contributed by atoms with Crippen molar-refractivity contribution in [3.63, 3.8) is 0 Å². The largest absolute Gasteiger partial charge is 0.488 e. The monoisotopic (exact) mass is 486 g/mol. The van der Waals surface area contributed by atoms with Crippen LogP contribution in [0.15, 0.2) is 78.2 Å². The Bertz CT molecular complexity index is 1300. The van der Waals surface area contributed by atoms with E-state index in [-0.39, 0.29) is 24.7 Å². The minimum absolute atomic E-state index is 0.0272. The van der Waals surface area contributed by atoms with Gasteiger partial charge in [0.1, 0.15) is 28.9 Å². The first-order valence-electron chi connectivity index (χ1n) is 10.2. The Morgan fingerprint density at radius 3 is 2.56 bits per heavy atom. The number of carbonyl (C=O) groups is 1. The van der Waals surface area contributed by atoms with Gasteiger partial charge in [-0.05, 0) is 35.9 Å². The van der Waals surface area contributed by atoms with E-state index in [2.05, 4.69) is 10.3 Å². The Morgan fingerprint density at radius 2 is 1.76 bits per heavy atom. The van der Waals surface area contributed by atoms with Gasteiger partial charge in [0, 0.05) is 17.5 Å². The minimum atomic E-state index is -4.45. The molecule has 0 aliphatic heterocycles. The van der Waals surface area contributed by atoms with Crippen LogP contribution in [0.4, 0.5) is 17.6 Å². The van der Waals surface area contributed by atoms with E-state index in [4.69, 9.17) is 4.74 Å². The van der Waals surface area contributed by atoms with Gasteiger partial charge >= 0.3 is 6.18 Å². The van der Waals surface area contributed by atoms with Crippen LogP contribution < -0.4 is 10.1 Å². The fourth-order valence-electron chi connectivity index (χ4n) is 3.17. The van der Waals surface area contributed by atoms with E-state index in [0.29, 0.717) is 27.4 Å². The molecule has 0 unspecified atom stereocenters. The molecule has 0 spiro atoms. The van der Waals surface area contributed by atoms with Crippen LogP contribution in [0.5, 0.6) is 5.75 Å². The molecule has 3 aromatic carbocycles. The number of benzene rings is 3. The Hall–Kier alpha value is -3.72. The van der Waals surface area contributed by atoms with E-state index < -0.39 is 17.6 Å². The van der Waals surface area contributed by atoms with Gasteiger partial charge in [-0.3, -0.25) is 4.79 Å². The van der Waals surface area contributed by atoms with Gasteiger partial charge in [0.2, 0.25) is 0 Å². The molecule has 0 saturated carbocycles. The van der Waals surface area contributed by atoms with Gasteiger partial charge in [0.25, 0.3) is 5.91 Å². The highest BCUT2D eigenvalue weighted by molar-refractivity contribution is 7.13. The van der Waals surface area contributed by atoms with Gasteiger partial charge in [-0.1, -0.05) is 42.5 Å². The lowest BCUT2D eigenvalue weighted by molar-refractivity contribution is -0.137. The van der Waals surface area contributed by atoms with Crippen LogP contribution in [0.1, 0.15) is 27.2 Å². The van der Waals surface area contributed by atoms with Crippen LogP contribution in [0, 0.1) is 5.82 Å². The summed E-state index contributed by atoms with van der Waals surface area (Å²) < 4.78 is 58.3. The second-order valence-corrected chi connectivity index (χ2v) is 8.15. The van der Waals surface area contributed by atoms with Gasteiger partial charge in [-0.25, -0.2) is 9.37 Å². The highest BCUT2D eigenvalue weighted by Crippen LogP contribution is 2.33. The van der Waals surface area contributed by atoms with Crippen molar-refractivity contribution < 1.29 is 27.1 Å². The molecule has 174 valence electrons. The fraction of sp³-hybridized carbons (Fsp3) is 0.120. The Kier molecular flexibility index (Phi) is 6.93. The van der Waals surface area contributed by atoms with Crippen molar-refractivity contribution in [3.8, 4) is 16.3 Å². The smallest absolute Gasteiger partial charge is 0.416 e. The third-order valence-corrected chi connectivity index (χ3v) is 5.78. The standard InChI is InChI=1S/C25H18F4N2O2S/c26-20-10-3-1-7-17(20)14-33-22-11-4-2-9-19(22)24-31-21(15-34-24)23(32)30-13-16-6-5-8-18(12-16)25(27,28)29/h1-12,15H,13-14H2,(H,30,32). The van der Waals surface area contributed by atoms with Gasteiger partial charge < -0.3 is 10.1 Å². The van der Waals surface area contributed by atoms with Gasteiger partial charge in [0.05, 0.1) is 11.1 Å². The summed E-state index contributed by atoms with van der Waals surface area (Å²) in [5.41, 5.74) is 0.732. The third kappa shape index (κ3) is 5.60. The van der Waals surface area contributed by atoms with E-state index in [1.54, 1.807) is 47.8 Å². The van der Waals surface area contributed by atoms with Crippen molar-refractivity contribution in [1.29, 1.82) is 0 Å². The molecular formula is C25H18F4N2O2S. The number of carbonyl (C=O) groups excluding carboxylic acids is 1. The molecule has 0 radical (unpaired) electrons. The van der Waals surface area contributed by atoms with Gasteiger partial charge in [-0.2, -0.15) is 13.2 Å². The molecule has 4 nitrogen and oxygen atoms in total. The van der Waals surface area contributed by atoms with Crippen molar-refractivity contribution in [2.24, 2.45) is 0 Å². The average molecular weight is 486 g/mol. The summed E-state index contributed by atoms with van der Waals surface area (Å²) in [6, 6.07) is 18.2. The molecular weight excluding hydrogens is 468 g/mol. The second-order valence-electron chi connectivity index (χ2n) is 7.29. The topological polar surface area (TPSA) is 51.2 Å². The van der Waals surface area contributed by atoms with E-state index in [1.165, 1.54) is 29.5 Å². The molecule has 1 amide bonds. The first-order chi connectivity index (χ1) is 16.3. The lowest BCUT2D eigenvalue weighted by Gasteiger charge is -2.10. The van der Waals surface area contributed by atoms with Gasteiger partial charge in [0.15, 0.2) is 0 Å². The van der Waals surface area contributed by atoms with Crippen molar-refractivity contribution in [3.05, 3.63) is 106 Å². The van der Waals surface area contributed by atoms with Gasteiger partial charge in [-0.15, -0.1) is 11.3 Å². The predicted molar refractivity (Wildman–Crippen MR) is 121 cm³/mol. The Labute approximate surface area is 196 Å². The lowest BCUT2D eigenvalue weighted by Crippen LogP contribution is -2.23. The molecule has 0 aliphatic carbocycles. The normalized spacial score (nSPS) is 11.3. The second kappa shape index (κ2) is 10.0. The maximum Gasteiger partial charge on any atom is 0.416 e. The summed E-state index contributed by atoms with van der Waals surface area (Å²) in [6.07, 6.45) is -4.45. The number of aromatic nitrogens is 1. The average Bonchev–Trinajstić information content (AvgIpc) is 3.32. The third-order valence-electron chi connectivity index (χ3n) is 4.90. The van der Waals surface area contributed by atoms with Crippen LogP contribution >= 0.6 is 11.3 Å². The molecule has 0 atom stereocenters. The molecule has 0 bridgehead atoms. The number of nitrogens with zero attached hydrogens (tertiary/aromatic N) is 1. The summed E-state index contributed by atoms with van der Waals surface area (Å²) in [7, 11) is 0. The highest BCUT2D eigenvalue weighted by Gasteiger charge is 2.30. The number of hydrogen-bond acceptors (Lipinski definition) is 4. The molecule has 9 heteroatoms. The summed E-state index contributed by atoms with van der Waals surface area (Å²) in [6.45, 7) is -0.0443. The number of hydrogen-bond donors (Lipinski definition) is 1. The van der Waals surface area contributed by atoms with Crippen LogP contribution in [-0.2, 0) is 19.3 Å². The first-order valence-corrected chi connectivity index (χ1v) is 11.0. The highest BCUT2D eigenvalue weighted by atomic mass is 32.1. The minimum Gasteiger partial charge on any atom is -0.488 e. The number of para-hydroxylation sites is 1. The number of rotatable bonds is 7. The van der Waals surface area contributed by atoms with Crippen molar-refractivity contribution in [1.82, 2.24) is 10.3 Å². The zero-order valence-corrected chi connectivity index (χ0v) is 18.4. The quantitative estimate of drug-likeness (QED) is 0.304. The molecule has 0 fully saturated rings. The number of amides is 1. The predicted octanol–water partition coefficient (Wildman–Crippen LogP) is 6.48. The van der Waals surface area contributed by atoms with E-state index in [1.807, 2.05) is 0 Å². The molecule has 0 aliphatic rings. The van der Waals surface area contributed by atoms with Crippen LogP contribution in [0.3, 0.4) is 0 Å². The van der Waals surface area contributed by atoms with Crippen LogP contribution in [0.2, 0.25) is 0 Å². The van der Waals surface area contributed by atoms with E-state index in [0.717, 1.165) is 12.1 Å². The summed E-state index contributed by atoms with van der Waals surface area (Å²) >= 11 is 1.22. The van der Waals surface area contributed by atoms with Crippen LogP contribution in [0.25, 0.3) is 10.6 Å². The SMILES string of the molecule is O=C(NCc1cccc(C(F)(F)F)c1)c1csc(-c2ccccc2OCc2ccccc2F)n1. The van der Waals surface area contributed by atoms with Crippen molar-refractivity contribution in [2.75, 3.05) is 0 Å². The molecule has 0 saturated heterocycles. The summed E-state index contributed by atoms with van der Waals surface area (Å²) in [5.74, 6) is -0.394. The van der Waals surface area contributed by atoms with Crippen molar-refractivity contribution >= 4 is 17.2 Å². The van der Waals surface area contributed by atoms with E-state index in [9.17, 15) is 22.4 Å². The number of nitrogens with one attached hydrogen (secondary N) is 1. The Balaban J connectivity index is 1.44. The first kappa shape index (κ1) is 23.4. The number of ether oxygens (including phenoxy) is 1. The number of thiazole rings is 1.